The fourth-order valence-corrected chi connectivity index (χ4v) is 2.89. The van der Waals surface area contributed by atoms with Crippen LogP contribution in [0.4, 0.5) is 15.8 Å². The topological polar surface area (TPSA) is 38.5 Å². The Labute approximate surface area is 124 Å². The number of halogens is 1. The minimum atomic E-state index is -0.315. The first-order valence-electron chi connectivity index (χ1n) is 7.13. The van der Waals surface area contributed by atoms with Crippen molar-refractivity contribution >= 4 is 11.4 Å². The number of nitrogen functional groups attached to an aromatic ring is 1. The molecule has 0 saturated heterocycles. The Morgan fingerprint density at radius 3 is 2.86 bits per heavy atom. The maximum absolute atomic E-state index is 13.8. The van der Waals surface area contributed by atoms with Crippen LogP contribution in [0.25, 0.3) is 0 Å². The van der Waals surface area contributed by atoms with Crippen LogP contribution in [0, 0.1) is 5.82 Å². The third-order valence-electron chi connectivity index (χ3n) is 3.91. The van der Waals surface area contributed by atoms with E-state index >= 15 is 0 Å². The Bertz CT molecular complexity index is 657. The van der Waals surface area contributed by atoms with Gasteiger partial charge in [0, 0.05) is 24.5 Å². The number of fused-ring (bicyclic) bond motifs is 1. The number of benzene rings is 2. The summed E-state index contributed by atoms with van der Waals surface area (Å²) >= 11 is 0. The fourth-order valence-electron chi connectivity index (χ4n) is 2.89. The van der Waals surface area contributed by atoms with Crippen LogP contribution in [0.15, 0.2) is 36.4 Å². The van der Waals surface area contributed by atoms with Gasteiger partial charge in [-0.3, -0.25) is 0 Å². The molecule has 110 valence electrons. The molecule has 1 aliphatic heterocycles. The molecule has 2 aromatic carbocycles. The lowest BCUT2D eigenvalue weighted by atomic mass is 10.0. The van der Waals surface area contributed by atoms with Crippen LogP contribution >= 0.6 is 0 Å². The van der Waals surface area contributed by atoms with E-state index < -0.39 is 0 Å². The van der Waals surface area contributed by atoms with Gasteiger partial charge in [0.05, 0.1) is 7.11 Å². The number of methoxy groups -OCH3 is 1. The Morgan fingerprint density at radius 1 is 1.24 bits per heavy atom. The van der Waals surface area contributed by atoms with Crippen molar-refractivity contribution in [1.82, 2.24) is 0 Å². The van der Waals surface area contributed by atoms with Gasteiger partial charge in [0.2, 0.25) is 0 Å². The van der Waals surface area contributed by atoms with Gasteiger partial charge in [-0.25, -0.2) is 4.39 Å². The average molecular weight is 286 g/mol. The van der Waals surface area contributed by atoms with Gasteiger partial charge < -0.3 is 15.4 Å². The molecule has 0 aliphatic carbocycles. The van der Waals surface area contributed by atoms with Crippen LogP contribution in [0.5, 0.6) is 5.75 Å². The highest BCUT2D eigenvalue weighted by atomic mass is 19.1. The zero-order valence-corrected chi connectivity index (χ0v) is 12.1. The van der Waals surface area contributed by atoms with Gasteiger partial charge >= 0.3 is 0 Å². The minimum Gasteiger partial charge on any atom is -0.494 e. The molecule has 0 saturated carbocycles. The summed E-state index contributed by atoms with van der Waals surface area (Å²) in [6, 6.07) is 11.2. The number of rotatable bonds is 3. The van der Waals surface area contributed by atoms with Crippen molar-refractivity contribution < 1.29 is 9.13 Å². The van der Waals surface area contributed by atoms with Gasteiger partial charge in [0.1, 0.15) is 0 Å². The Hall–Kier alpha value is -2.23. The van der Waals surface area contributed by atoms with Gasteiger partial charge in [0.15, 0.2) is 11.6 Å². The van der Waals surface area contributed by atoms with E-state index in [-0.39, 0.29) is 11.6 Å². The molecule has 1 aliphatic rings. The second-order valence-electron chi connectivity index (χ2n) is 5.38. The lowest BCUT2D eigenvalue weighted by Gasteiger charge is -2.31. The van der Waals surface area contributed by atoms with E-state index in [2.05, 4.69) is 11.0 Å². The Morgan fingerprint density at radius 2 is 2.10 bits per heavy atom. The van der Waals surface area contributed by atoms with Crippen LogP contribution in [0.2, 0.25) is 0 Å². The normalized spacial score (nSPS) is 13.9. The van der Waals surface area contributed by atoms with Gasteiger partial charge in [-0.1, -0.05) is 6.07 Å². The summed E-state index contributed by atoms with van der Waals surface area (Å²) in [7, 11) is 1.48. The molecule has 4 heteroatoms. The van der Waals surface area contributed by atoms with Gasteiger partial charge in [-0.2, -0.15) is 0 Å². The molecule has 2 N–H and O–H groups in total. The number of nitrogens with zero attached hydrogens (tertiary/aromatic N) is 1. The zero-order valence-electron chi connectivity index (χ0n) is 12.1. The third kappa shape index (κ3) is 2.79. The molecule has 0 radical (unpaired) electrons. The van der Waals surface area contributed by atoms with Gasteiger partial charge in [-0.15, -0.1) is 0 Å². The number of nitrogens with two attached hydrogens (primary N) is 1. The molecule has 0 atom stereocenters. The maximum Gasteiger partial charge on any atom is 0.165 e. The molecule has 0 bridgehead atoms. The van der Waals surface area contributed by atoms with Crippen LogP contribution in [0.1, 0.15) is 17.5 Å². The number of hydrogen-bond acceptors (Lipinski definition) is 3. The predicted octanol–water partition coefficient (Wildman–Crippen LogP) is 3.37. The summed E-state index contributed by atoms with van der Waals surface area (Å²) in [6.45, 7) is 1.67. The van der Waals surface area contributed by atoms with E-state index in [9.17, 15) is 4.39 Å². The number of hydrogen-bond donors (Lipinski definition) is 1. The lowest BCUT2D eigenvalue weighted by molar-refractivity contribution is 0.386. The van der Waals surface area contributed by atoms with Crippen molar-refractivity contribution in [3.8, 4) is 5.75 Å². The maximum atomic E-state index is 13.8. The highest BCUT2D eigenvalue weighted by Crippen LogP contribution is 2.30. The van der Waals surface area contributed by atoms with E-state index in [1.807, 2.05) is 18.2 Å². The van der Waals surface area contributed by atoms with E-state index in [0.717, 1.165) is 30.6 Å². The highest BCUT2D eigenvalue weighted by Gasteiger charge is 2.17. The quantitative estimate of drug-likeness (QED) is 0.879. The van der Waals surface area contributed by atoms with Gasteiger partial charge in [-0.05, 0) is 54.3 Å². The van der Waals surface area contributed by atoms with E-state index in [1.54, 1.807) is 12.1 Å². The van der Waals surface area contributed by atoms with Crippen molar-refractivity contribution in [2.75, 3.05) is 24.3 Å². The van der Waals surface area contributed by atoms with Crippen molar-refractivity contribution in [3.63, 3.8) is 0 Å². The summed E-state index contributed by atoms with van der Waals surface area (Å²) in [6.07, 6.45) is 2.14. The molecule has 0 amide bonds. The standard InChI is InChI=1S/C17H19FN2O/c1-21-17-7-4-12(9-15(17)18)11-20-8-2-3-13-10-14(19)5-6-16(13)20/h4-7,9-10H,2-3,8,11,19H2,1H3. The van der Waals surface area contributed by atoms with Crippen molar-refractivity contribution in [3.05, 3.63) is 53.3 Å². The van der Waals surface area contributed by atoms with E-state index in [1.165, 1.54) is 18.4 Å². The first kappa shape index (κ1) is 13.7. The second-order valence-corrected chi connectivity index (χ2v) is 5.38. The smallest absolute Gasteiger partial charge is 0.165 e. The molecule has 0 fully saturated rings. The highest BCUT2D eigenvalue weighted by molar-refractivity contribution is 5.61. The summed E-state index contributed by atoms with van der Waals surface area (Å²) in [5.41, 5.74) is 10.1. The minimum absolute atomic E-state index is 0.283. The van der Waals surface area contributed by atoms with Crippen LogP contribution in [0.3, 0.4) is 0 Å². The number of anilines is 2. The summed E-state index contributed by atoms with van der Waals surface area (Å²) in [5, 5.41) is 0. The monoisotopic (exact) mass is 286 g/mol. The Balaban J connectivity index is 1.85. The van der Waals surface area contributed by atoms with Crippen molar-refractivity contribution in [1.29, 1.82) is 0 Å². The average Bonchev–Trinajstić information content (AvgIpc) is 2.47. The van der Waals surface area contributed by atoms with E-state index in [0.29, 0.717) is 6.54 Å². The molecular weight excluding hydrogens is 267 g/mol. The third-order valence-corrected chi connectivity index (χ3v) is 3.91. The molecule has 0 aromatic heterocycles. The predicted molar refractivity (Wildman–Crippen MR) is 83.2 cm³/mol. The van der Waals surface area contributed by atoms with Crippen molar-refractivity contribution in [2.45, 2.75) is 19.4 Å². The molecule has 3 nitrogen and oxygen atoms in total. The molecular formula is C17H19FN2O. The molecule has 2 aromatic rings. The first-order chi connectivity index (χ1) is 10.2. The van der Waals surface area contributed by atoms with Crippen LogP contribution in [-0.2, 0) is 13.0 Å². The number of aryl methyl sites for hydroxylation is 1. The molecule has 0 spiro atoms. The van der Waals surface area contributed by atoms with Crippen molar-refractivity contribution in [2.24, 2.45) is 0 Å². The summed E-state index contributed by atoms with van der Waals surface area (Å²) < 4.78 is 18.8. The summed E-state index contributed by atoms with van der Waals surface area (Å²) in [4.78, 5) is 2.28. The molecule has 21 heavy (non-hydrogen) atoms. The Kier molecular flexibility index (Phi) is 3.69. The lowest BCUT2D eigenvalue weighted by Crippen LogP contribution is -2.28. The first-order valence-corrected chi connectivity index (χ1v) is 7.13. The molecule has 0 unspecified atom stereocenters. The van der Waals surface area contributed by atoms with Crippen LogP contribution < -0.4 is 15.4 Å². The molecule has 1 heterocycles. The van der Waals surface area contributed by atoms with E-state index in [4.69, 9.17) is 10.5 Å². The van der Waals surface area contributed by atoms with Crippen LogP contribution in [-0.4, -0.2) is 13.7 Å². The van der Waals surface area contributed by atoms with Gasteiger partial charge in [0.25, 0.3) is 0 Å². The SMILES string of the molecule is COc1ccc(CN2CCCc3cc(N)ccc32)cc1F. The number of ether oxygens (including phenoxy) is 1. The zero-order chi connectivity index (χ0) is 14.8. The fraction of sp³-hybridized carbons (Fsp3) is 0.294. The summed E-state index contributed by atoms with van der Waals surface area (Å²) in [5.74, 6) is -0.0323. The second kappa shape index (κ2) is 5.64. The molecule has 3 rings (SSSR count). The largest absolute Gasteiger partial charge is 0.494 e.